The number of ether oxygens (including phenoxy) is 2. The Hall–Kier alpha value is -3.63. The Labute approximate surface area is 204 Å². The van der Waals surface area contributed by atoms with Crippen molar-refractivity contribution in [1.82, 2.24) is 20.0 Å². The fourth-order valence-electron chi connectivity index (χ4n) is 5.09. The van der Waals surface area contributed by atoms with Crippen LogP contribution in [-0.4, -0.2) is 84.9 Å². The van der Waals surface area contributed by atoms with E-state index in [-0.39, 0.29) is 12.9 Å². The smallest absolute Gasteiger partial charge is 0.328 e. The Morgan fingerprint density at radius 3 is 2.57 bits per heavy atom. The molecule has 184 valence electrons. The van der Waals surface area contributed by atoms with Gasteiger partial charge in [-0.2, -0.15) is 0 Å². The summed E-state index contributed by atoms with van der Waals surface area (Å²) in [5.74, 6) is -0.282. The van der Waals surface area contributed by atoms with E-state index in [1.54, 1.807) is 14.2 Å². The number of hydrogen-bond acceptors (Lipinski definition) is 8. The van der Waals surface area contributed by atoms with Crippen molar-refractivity contribution < 1.29 is 23.9 Å². The lowest BCUT2D eigenvalue weighted by atomic mass is 10.1. The van der Waals surface area contributed by atoms with Crippen molar-refractivity contribution in [3.8, 4) is 5.75 Å². The second-order valence-corrected chi connectivity index (χ2v) is 8.85. The summed E-state index contributed by atoms with van der Waals surface area (Å²) < 4.78 is 10.9. The van der Waals surface area contributed by atoms with Crippen LogP contribution in [0.15, 0.2) is 54.6 Å². The van der Waals surface area contributed by atoms with Crippen LogP contribution in [0.25, 0.3) is 0 Å². The van der Waals surface area contributed by atoms with Crippen LogP contribution in [-0.2, 0) is 20.9 Å². The molecule has 1 N–H and O–H groups in total. The average Bonchev–Trinajstić information content (AvgIpc) is 3.29. The molecule has 3 atom stereocenters. The molecule has 0 spiro atoms. The lowest BCUT2D eigenvalue weighted by Crippen LogP contribution is -2.67. The number of rotatable bonds is 6. The molecule has 3 aliphatic rings. The standard InChI is InChI=1S/C25H29N5O5/c1-27-22-21(23(32)30(25(27)33)15-20(31)35-16-17-9-4-3-5-10-17)29-14-8-13-28(24(29)26-22)18-11-6-7-12-19(18)34-2/h3-7,9-12,21-22,24,26H,8,13-16H2,1-2H3. The van der Waals surface area contributed by atoms with E-state index in [2.05, 4.69) is 15.1 Å². The lowest BCUT2D eigenvalue weighted by Gasteiger charge is -2.43. The predicted octanol–water partition coefficient (Wildman–Crippen LogP) is 1.43. The van der Waals surface area contributed by atoms with Gasteiger partial charge in [0.05, 0.1) is 12.8 Å². The summed E-state index contributed by atoms with van der Waals surface area (Å²) >= 11 is 0. The first kappa shape index (κ1) is 23.1. The van der Waals surface area contributed by atoms with Gasteiger partial charge in [0.1, 0.15) is 37.4 Å². The Kier molecular flexibility index (Phi) is 6.31. The molecule has 3 saturated heterocycles. The maximum Gasteiger partial charge on any atom is 0.328 e. The number of methoxy groups -OCH3 is 1. The van der Waals surface area contributed by atoms with Crippen molar-refractivity contribution >= 4 is 23.6 Å². The summed E-state index contributed by atoms with van der Waals surface area (Å²) in [5, 5.41) is 3.46. The van der Waals surface area contributed by atoms with Crippen LogP contribution < -0.4 is 15.0 Å². The van der Waals surface area contributed by atoms with Crippen molar-refractivity contribution in [1.29, 1.82) is 0 Å². The van der Waals surface area contributed by atoms with E-state index in [4.69, 9.17) is 9.47 Å². The number of carbonyl (C=O) groups is 3. The number of benzene rings is 2. The van der Waals surface area contributed by atoms with Crippen LogP contribution in [0.3, 0.4) is 0 Å². The van der Waals surface area contributed by atoms with Gasteiger partial charge in [-0.05, 0) is 24.1 Å². The van der Waals surface area contributed by atoms with Crippen molar-refractivity contribution in [2.75, 3.05) is 38.7 Å². The minimum Gasteiger partial charge on any atom is -0.495 e. The molecule has 0 aliphatic carbocycles. The van der Waals surface area contributed by atoms with Crippen LogP contribution >= 0.6 is 0 Å². The molecule has 0 aromatic heterocycles. The first-order chi connectivity index (χ1) is 17.0. The lowest BCUT2D eigenvalue weighted by molar-refractivity contribution is -0.152. The van der Waals surface area contributed by atoms with Crippen molar-refractivity contribution in [2.45, 2.75) is 31.5 Å². The Morgan fingerprint density at radius 1 is 1.06 bits per heavy atom. The summed E-state index contributed by atoms with van der Waals surface area (Å²) in [5.41, 5.74) is 1.75. The van der Waals surface area contributed by atoms with Gasteiger partial charge in [0, 0.05) is 20.1 Å². The monoisotopic (exact) mass is 479 g/mol. The summed E-state index contributed by atoms with van der Waals surface area (Å²) in [7, 11) is 3.28. The number of anilines is 1. The number of esters is 1. The molecule has 2 aromatic rings. The minimum atomic E-state index is -0.626. The summed E-state index contributed by atoms with van der Waals surface area (Å²) in [6.07, 6.45) is 0.0369. The highest BCUT2D eigenvalue weighted by atomic mass is 16.5. The second kappa shape index (κ2) is 9.55. The summed E-state index contributed by atoms with van der Waals surface area (Å²) in [6, 6.07) is 15.9. The summed E-state index contributed by atoms with van der Waals surface area (Å²) in [4.78, 5) is 45.9. The first-order valence-corrected chi connectivity index (χ1v) is 11.7. The Morgan fingerprint density at radius 2 is 1.80 bits per heavy atom. The minimum absolute atomic E-state index is 0.0847. The molecule has 35 heavy (non-hydrogen) atoms. The number of hydrogen-bond donors (Lipinski definition) is 1. The highest BCUT2D eigenvalue weighted by molar-refractivity contribution is 6.02. The molecule has 3 aliphatic heterocycles. The van der Waals surface area contributed by atoms with Gasteiger partial charge in [0.15, 0.2) is 0 Å². The van der Waals surface area contributed by atoms with E-state index in [1.165, 1.54) is 4.90 Å². The zero-order valence-electron chi connectivity index (χ0n) is 19.8. The van der Waals surface area contributed by atoms with E-state index >= 15 is 0 Å². The molecule has 0 bridgehead atoms. The van der Waals surface area contributed by atoms with Gasteiger partial charge >= 0.3 is 12.0 Å². The largest absolute Gasteiger partial charge is 0.495 e. The third-order valence-corrected chi connectivity index (χ3v) is 6.79. The van der Waals surface area contributed by atoms with E-state index in [9.17, 15) is 14.4 Å². The van der Waals surface area contributed by atoms with Gasteiger partial charge < -0.3 is 19.3 Å². The van der Waals surface area contributed by atoms with Gasteiger partial charge in [0.25, 0.3) is 5.91 Å². The maximum atomic E-state index is 13.5. The molecular formula is C25H29N5O5. The fraction of sp³-hybridized carbons (Fsp3) is 0.400. The van der Waals surface area contributed by atoms with Gasteiger partial charge in [-0.15, -0.1) is 0 Å². The number of imide groups is 1. The molecule has 5 rings (SSSR count). The number of urea groups is 1. The topological polar surface area (TPSA) is 94.7 Å². The molecule has 3 unspecified atom stereocenters. The molecule has 2 aromatic carbocycles. The zero-order chi connectivity index (χ0) is 24.5. The number of nitrogens with one attached hydrogen (secondary N) is 1. The van der Waals surface area contributed by atoms with Gasteiger partial charge in [-0.3, -0.25) is 24.7 Å². The van der Waals surface area contributed by atoms with E-state index in [0.29, 0.717) is 6.54 Å². The second-order valence-electron chi connectivity index (χ2n) is 8.85. The molecule has 0 radical (unpaired) electrons. The molecule has 3 heterocycles. The Balaban J connectivity index is 1.33. The van der Waals surface area contributed by atoms with E-state index in [1.807, 2.05) is 54.6 Å². The van der Waals surface area contributed by atoms with E-state index in [0.717, 1.165) is 34.9 Å². The molecule has 0 saturated carbocycles. The third kappa shape index (κ3) is 4.19. The van der Waals surface area contributed by atoms with Gasteiger partial charge in [-0.25, -0.2) is 4.79 Å². The van der Waals surface area contributed by atoms with Crippen molar-refractivity contribution in [3.05, 3.63) is 60.2 Å². The van der Waals surface area contributed by atoms with Crippen LogP contribution in [0, 0.1) is 0 Å². The predicted molar refractivity (Wildman–Crippen MR) is 127 cm³/mol. The molecular weight excluding hydrogens is 450 g/mol. The van der Waals surface area contributed by atoms with Gasteiger partial charge in [0.2, 0.25) is 0 Å². The van der Waals surface area contributed by atoms with Crippen LogP contribution in [0.1, 0.15) is 12.0 Å². The Bertz CT molecular complexity index is 1110. The zero-order valence-corrected chi connectivity index (χ0v) is 19.8. The first-order valence-electron chi connectivity index (χ1n) is 11.7. The highest BCUT2D eigenvalue weighted by Gasteiger charge is 2.56. The number of likely N-dealkylation sites (N-methyl/N-ethyl adjacent to an activating group) is 1. The van der Waals surface area contributed by atoms with Gasteiger partial charge in [-0.1, -0.05) is 42.5 Å². The van der Waals surface area contributed by atoms with E-state index < -0.39 is 36.7 Å². The number of fused-ring (bicyclic) bond motifs is 3. The third-order valence-electron chi connectivity index (χ3n) is 6.79. The quantitative estimate of drug-likeness (QED) is 0.622. The SMILES string of the molecule is COc1ccccc1N1CCCN2C3C(=O)N(CC(=O)OCc4ccccc4)C(=O)N(C)C3NC12. The number of amides is 3. The average molecular weight is 480 g/mol. The number of carbonyl (C=O) groups excluding carboxylic acids is 3. The number of nitrogens with zero attached hydrogens (tertiary/aromatic N) is 4. The number of para-hydroxylation sites is 2. The molecule has 3 amide bonds. The summed E-state index contributed by atoms with van der Waals surface area (Å²) in [6.45, 7) is 1.12. The van der Waals surface area contributed by atoms with Crippen molar-refractivity contribution in [2.24, 2.45) is 0 Å². The van der Waals surface area contributed by atoms with Crippen molar-refractivity contribution in [3.63, 3.8) is 0 Å². The van der Waals surface area contributed by atoms with Crippen LogP contribution in [0.4, 0.5) is 10.5 Å². The van der Waals surface area contributed by atoms with Crippen LogP contribution in [0.2, 0.25) is 0 Å². The molecule has 10 heteroatoms. The molecule has 10 nitrogen and oxygen atoms in total. The normalized spacial score (nSPS) is 24.3. The molecule has 3 fully saturated rings. The van der Waals surface area contributed by atoms with Crippen LogP contribution in [0.5, 0.6) is 5.75 Å². The highest BCUT2D eigenvalue weighted by Crippen LogP contribution is 2.36. The fourth-order valence-corrected chi connectivity index (χ4v) is 5.09. The maximum absolute atomic E-state index is 13.5.